The molecular weight excluding hydrogens is 304 g/mol. The molecule has 0 unspecified atom stereocenters. The van der Waals surface area contributed by atoms with Crippen LogP contribution in [0.25, 0.3) is 0 Å². The highest BCUT2D eigenvalue weighted by molar-refractivity contribution is 7.89. The first-order valence-corrected chi connectivity index (χ1v) is 10.1. The smallest absolute Gasteiger partial charge is 0.244 e. The molecule has 1 heterocycles. The Morgan fingerprint density at radius 1 is 1.33 bits per heavy atom. The van der Waals surface area contributed by atoms with Crippen LogP contribution in [0, 0.1) is 5.92 Å². The molecule has 2 fully saturated rings. The van der Waals surface area contributed by atoms with Crippen LogP contribution in [0.4, 0.5) is 0 Å². The molecule has 2 aliphatic carbocycles. The van der Waals surface area contributed by atoms with E-state index in [4.69, 9.17) is 0 Å². The van der Waals surface area contributed by atoms with Crippen LogP contribution in [0.3, 0.4) is 0 Å². The summed E-state index contributed by atoms with van der Waals surface area (Å²) in [5.41, 5.74) is 0. The molecule has 0 radical (unpaired) electrons. The average molecular weight is 329 g/mol. The van der Waals surface area contributed by atoms with Gasteiger partial charge >= 0.3 is 0 Å². The van der Waals surface area contributed by atoms with Crippen molar-refractivity contribution in [3.8, 4) is 0 Å². The second kappa shape index (κ2) is 5.99. The second-order valence-corrected chi connectivity index (χ2v) is 9.42. The van der Waals surface area contributed by atoms with Gasteiger partial charge in [0, 0.05) is 35.4 Å². The molecule has 2 saturated carbocycles. The third-order valence-electron chi connectivity index (χ3n) is 4.01. The lowest BCUT2D eigenvalue weighted by molar-refractivity contribution is 0.389. The molecule has 0 atom stereocenters. The fraction of sp³-hybridized carbons (Fsp3) is 0.733. The zero-order valence-corrected chi connectivity index (χ0v) is 14.3. The van der Waals surface area contributed by atoms with Gasteiger partial charge in [0.2, 0.25) is 10.0 Å². The Hall–Kier alpha value is -0.430. The molecule has 6 heteroatoms. The molecule has 118 valence electrons. The van der Waals surface area contributed by atoms with Gasteiger partial charge in [-0.1, -0.05) is 13.8 Å². The first kappa shape index (κ1) is 15.5. The molecule has 1 N–H and O–H groups in total. The monoisotopic (exact) mass is 328 g/mol. The van der Waals surface area contributed by atoms with E-state index < -0.39 is 10.0 Å². The molecule has 0 spiro atoms. The Morgan fingerprint density at radius 2 is 2.05 bits per heavy atom. The van der Waals surface area contributed by atoms with Crippen LogP contribution in [0.15, 0.2) is 16.3 Å². The molecule has 0 amide bonds. The lowest BCUT2D eigenvalue weighted by Gasteiger charge is -2.21. The second-order valence-electron chi connectivity index (χ2n) is 6.53. The molecule has 0 bridgehead atoms. The quantitative estimate of drug-likeness (QED) is 0.798. The SMILES string of the molecule is CC(C)NCc1cc(S(=O)(=O)N(CC2CC2)C2CC2)cs1. The van der Waals surface area contributed by atoms with Crippen molar-refractivity contribution in [1.82, 2.24) is 9.62 Å². The minimum atomic E-state index is -3.29. The van der Waals surface area contributed by atoms with Crippen LogP contribution >= 0.6 is 11.3 Å². The van der Waals surface area contributed by atoms with E-state index >= 15 is 0 Å². The predicted molar refractivity (Wildman–Crippen MR) is 85.9 cm³/mol. The lowest BCUT2D eigenvalue weighted by atomic mass is 10.4. The first-order chi connectivity index (χ1) is 9.96. The number of sulfonamides is 1. The fourth-order valence-corrected chi connectivity index (χ4v) is 5.36. The normalized spacial score (nSPS) is 19.6. The van der Waals surface area contributed by atoms with Gasteiger partial charge in [-0.3, -0.25) is 0 Å². The van der Waals surface area contributed by atoms with Crippen molar-refractivity contribution in [2.24, 2.45) is 5.92 Å². The van der Waals surface area contributed by atoms with E-state index in [0.717, 1.165) is 30.8 Å². The van der Waals surface area contributed by atoms with Crippen molar-refractivity contribution in [1.29, 1.82) is 0 Å². The minimum Gasteiger partial charge on any atom is -0.310 e. The van der Waals surface area contributed by atoms with Crippen molar-refractivity contribution < 1.29 is 8.42 Å². The molecule has 3 rings (SSSR count). The van der Waals surface area contributed by atoms with E-state index in [-0.39, 0.29) is 6.04 Å². The zero-order valence-electron chi connectivity index (χ0n) is 12.7. The number of nitrogens with one attached hydrogen (secondary N) is 1. The van der Waals surface area contributed by atoms with Crippen molar-refractivity contribution in [2.75, 3.05) is 6.54 Å². The average Bonchev–Trinajstić information content (AvgIpc) is 3.32. The summed E-state index contributed by atoms with van der Waals surface area (Å²) < 4.78 is 27.5. The van der Waals surface area contributed by atoms with E-state index in [0.29, 0.717) is 16.9 Å². The van der Waals surface area contributed by atoms with Gasteiger partial charge in [0.1, 0.15) is 0 Å². The van der Waals surface area contributed by atoms with Gasteiger partial charge in [-0.15, -0.1) is 11.3 Å². The van der Waals surface area contributed by atoms with Crippen LogP contribution in [0.1, 0.15) is 44.4 Å². The Kier molecular flexibility index (Phi) is 4.41. The van der Waals surface area contributed by atoms with E-state index in [2.05, 4.69) is 19.2 Å². The van der Waals surface area contributed by atoms with Gasteiger partial charge < -0.3 is 5.32 Å². The first-order valence-electron chi connectivity index (χ1n) is 7.79. The maximum atomic E-state index is 12.8. The Balaban J connectivity index is 1.73. The summed E-state index contributed by atoms with van der Waals surface area (Å²) in [6, 6.07) is 2.51. The molecule has 4 nitrogen and oxygen atoms in total. The van der Waals surface area contributed by atoms with E-state index in [9.17, 15) is 8.42 Å². The number of hydrogen-bond acceptors (Lipinski definition) is 4. The topological polar surface area (TPSA) is 49.4 Å². The molecule has 0 aliphatic heterocycles. The predicted octanol–water partition coefficient (Wildman–Crippen LogP) is 2.81. The Morgan fingerprint density at radius 3 is 2.62 bits per heavy atom. The lowest BCUT2D eigenvalue weighted by Crippen LogP contribution is -2.34. The van der Waals surface area contributed by atoms with E-state index in [1.165, 1.54) is 24.2 Å². The summed E-state index contributed by atoms with van der Waals surface area (Å²) in [5.74, 6) is 0.598. The molecule has 1 aromatic heterocycles. The Bertz CT molecular complexity index is 587. The number of nitrogens with zero attached hydrogens (tertiary/aromatic N) is 1. The summed E-state index contributed by atoms with van der Waals surface area (Å²) >= 11 is 1.53. The van der Waals surface area contributed by atoms with Crippen molar-refractivity contribution in [3.63, 3.8) is 0 Å². The van der Waals surface area contributed by atoms with Crippen LogP contribution in [0.5, 0.6) is 0 Å². The van der Waals surface area contributed by atoms with Gasteiger partial charge in [0.15, 0.2) is 0 Å². The third-order valence-corrected chi connectivity index (χ3v) is 6.99. The molecule has 1 aromatic rings. The highest BCUT2D eigenvalue weighted by atomic mass is 32.2. The van der Waals surface area contributed by atoms with Crippen LogP contribution in [-0.4, -0.2) is 31.4 Å². The van der Waals surface area contributed by atoms with Gasteiger partial charge in [-0.2, -0.15) is 4.31 Å². The highest BCUT2D eigenvalue weighted by Crippen LogP contribution is 2.38. The van der Waals surface area contributed by atoms with E-state index in [1.54, 1.807) is 9.69 Å². The number of hydrogen-bond donors (Lipinski definition) is 1. The summed E-state index contributed by atoms with van der Waals surface area (Å²) in [5, 5.41) is 5.14. The minimum absolute atomic E-state index is 0.257. The highest BCUT2D eigenvalue weighted by Gasteiger charge is 2.41. The van der Waals surface area contributed by atoms with Crippen molar-refractivity contribution in [2.45, 2.75) is 63.1 Å². The van der Waals surface area contributed by atoms with Gasteiger partial charge in [-0.05, 0) is 37.7 Å². The molecule has 2 aliphatic rings. The van der Waals surface area contributed by atoms with Crippen LogP contribution in [0.2, 0.25) is 0 Å². The zero-order chi connectivity index (χ0) is 15.0. The Labute approximate surface area is 131 Å². The molecular formula is C15H24N2O2S2. The fourth-order valence-electron chi connectivity index (χ4n) is 2.39. The maximum absolute atomic E-state index is 12.8. The number of thiophene rings is 1. The maximum Gasteiger partial charge on any atom is 0.244 e. The third kappa shape index (κ3) is 3.86. The number of rotatable bonds is 8. The summed E-state index contributed by atoms with van der Waals surface area (Å²) in [7, 11) is -3.29. The molecule has 0 aromatic carbocycles. The van der Waals surface area contributed by atoms with Gasteiger partial charge in [-0.25, -0.2) is 8.42 Å². The van der Waals surface area contributed by atoms with Crippen molar-refractivity contribution in [3.05, 3.63) is 16.3 Å². The van der Waals surface area contributed by atoms with Crippen molar-refractivity contribution >= 4 is 21.4 Å². The van der Waals surface area contributed by atoms with Gasteiger partial charge in [0.05, 0.1) is 4.90 Å². The largest absolute Gasteiger partial charge is 0.310 e. The van der Waals surface area contributed by atoms with Crippen LogP contribution in [-0.2, 0) is 16.6 Å². The summed E-state index contributed by atoms with van der Waals surface area (Å²) in [6.45, 7) is 5.65. The standard InChI is InChI=1S/C15H24N2O2S2/c1-11(2)16-8-14-7-15(10-20-14)21(18,19)17(13-5-6-13)9-12-3-4-12/h7,10-13,16H,3-6,8-9H2,1-2H3. The van der Waals surface area contributed by atoms with Crippen LogP contribution < -0.4 is 5.32 Å². The molecule has 0 saturated heterocycles. The summed E-state index contributed by atoms with van der Waals surface area (Å²) in [6.07, 6.45) is 4.42. The summed E-state index contributed by atoms with van der Waals surface area (Å²) in [4.78, 5) is 1.57. The molecule has 21 heavy (non-hydrogen) atoms. The van der Waals surface area contributed by atoms with E-state index in [1.807, 2.05) is 6.07 Å². The van der Waals surface area contributed by atoms with Gasteiger partial charge in [0.25, 0.3) is 0 Å².